The van der Waals surface area contributed by atoms with Crippen molar-refractivity contribution in [1.82, 2.24) is 5.32 Å². The Kier molecular flexibility index (Phi) is 8.30. The van der Waals surface area contributed by atoms with Gasteiger partial charge in [0.05, 0.1) is 17.1 Å². The molecule has 0 saturated carbocycles. The van der Waals surface area contributed by atoms with Gasteiger partial charge >= 0.3 is 12.1 Å². The van der Waals surface area contributed by atoms with Crippen molar-refractivity contribution < 1.29 is 23.9 Å². The van der Waals surface area contributed by atoms with Gasteiger partial charge < -0.3 is 19.6 Å². The molecule has 1 aromatic rings. The van der Waals surface area contributed by atoms with Crippen molar-refractivity contribution in [2.24, 2.45) is 5.41 Å². The Morgan fingerprint density at radius 1 is 1.10 bits per heavy atom. The van der Waals surface area contributed by atoms with Crippen LogP contribution in [0.15, 0.2) is 30.3 Å². The highest BCUT2D eigenvalue weighted by molar-refractivity contribution is 6.74. The SMILES string of the molecule is CCC(O[Si](C)(C)C(C)(C)C)([C@H](C)NC(=O)OCc1ccccc1)C(C)(C)C(=O)O. The lowest BCUT2D eigenvalue weighted by Crippen LogP contribution is -2.66. The number of alkyl carbamates (subject to hydrolysis) is 1. The van der Waals surface area contributed by atoms with E-state index in [-0.39, 0.29) is 11.6 Å². The Morgan fingerprint density at radius 3 is 2.07 bits per heavy atom. The third kappa shape index (κ3) is 5.63. The van der Waals surface area contributed by atoms with Crippen molar-refractivity contribution in [3.05, 3.63) is 35.9 Å². The van der Waals surface area contributed by atoms with E-state index in [0.717, 1.165) is 5.56 Å². The lowest BCUT2D eigenvalue weighted by Gasteiger charge is -2.53. The summed E-state index contributed by atoms with van der Waals surface area (Å²) in [7, 11) is -2.36. The molecule has 6 nitrogen and oxygen atoms in total. The van der Waals surface area contributed by atoms with Crippen LogP contribution in [0.3, 0.4) is 0 Å². The zero-order chi connectivity index (χ0) is 23.4. The normalized spacial score (nSPS) is 15.8. The summed E-state index contributed by atoms with van der Waals surface area (Å²) in [5, 5.41) is 12.8. The Bertz CT molecular complexity index is 727. The summed E-state index contributed by atoms with van der Waals surface area (Å²) in [5.41, 5.74) is -1.46. The first kappa shape index (κ1) is 26.2. The Hall–Kier alpha value is -1.86. The van der Waals surface area contributed by atoms with Gasteiger partial charge in [-0.1, -0.05) is 58.0 Å². The van der Waals surface area contributed by atoms with Gasteiger partial charge in [-0.15, -0.1) is 0 Å². The second kappa shape index (κ2) is 9.52. The molecule has 7 heteroatoms. The van der Waals surface area contributed by atoms with Gasteiger partial charge in [0.25, 0.3) is 0 Å². The van der Waals surface area contributed by atoms with E-state index in [2.05, 4.69) is 39.2 Å². The number of rotatable bonds is 9. The van der Waals surface area contributed by atoms with Crippen molar-refractivity contribution in [2.45, 2.75) is 91.3 Å². The third-order valence-electron chi connectivity index (χ3n) is 6.61. The number of hydrogen-bond donors (Lipinski definition) is 2. The van der Waals surface area contributed by atoms with Crippen molar-refractivity contribution in [3.8, 4) is 0 Å². The van der Waals surface area contributed by atoms with E-state index in [1.165, 1.54) is 0 Å². The van der Waals surface area contributed by atoms with Crippen LogP contribution in [0.2, 0.25) is 18.1 Å². The minimum Gasteiger partial charge on any atom is -0.481 e. The van der Waals surface area contributed by atoms with Crippen LogP contribution < -0.4 is 5.32 Å². The Morgan fingerprint density at radius 2 is 1.63 bits per heavy atom. The summed E-state index contributed by atoms with van der Waals surface area (Å²) in [5.74, 6) is -0.964. The topological polar surface area (TPSA) is 84.9 Å². The first-order valence-corrected chi connectivity index (χ1v) is 13.4. The van der Waals surface area contributed by atoms with E-state index in [9.17, 15) is 14.7 Å². The molecular weight excluding hydrogens is 398 g/mol. The number of amides is 1. The smallest absolute Gasteiger partial charge is 0.407 e. The number of ether oxygens (including phenoxy) is 1. The quantitative estimate of drug-likeness (QED) is 0.492. The largest absolute Gasteiger partial charge is 0.481 e. The fourth-order valence-corrected chi connectivity index (χ4v) is 5.22. The molecule has 0 aliphatic rings. The van der Waals surface area contributed by atoms with E-state index in [1.54, 1.807) is 20.8 Å². The van der Waals surface area contributed by atoms with Crippen LogP contribution in [-0.2, 0) is 20.6 Å². The molecule has 0 aliphatic heterocycles. The standard InChI is InChI=1S/C23H39NO5Si/c1-10-23(22(6,7)19(25)26,29-30(8,9)21(3,4)5)17(2)24-20(27)28-16-18-14-12-11-13-15-18/h11-15,17H,10,16H2,1-9H3,(H,24,27)(H,25,26)/t17-,23?/m0/s1. The van der Waals surface area contributed by atoms with Crippen molar-refractivity contribution in [1.29, 1.82) is 0 Å². The molecule has 30 heavy (non-hydrogen) atoms. The molecule has 0 fully saturated rings. The number of carboxylic acids is 1. The average Bonchev–Trinajstić information content (AvgIpc) is 2.63. The van der Waals surface area contributed by atoms with E-state index in [1.807, 2.05) is 37.3 Å². The lowest BCUT2D eigenvalue weighted by atomic mass is 9.69. The molecule has 170 valence electrons. The number of aliphatic carboxylic acids is 1. The molecular formula is C23H39NO5Si. The zero-order valence-corrected chi connectivity index (χ0v) is 21.0. The maximum absolute atomic E-state index is 12.5. The molecule has 1 rings (SSSR count). The van der Waals surface area contributed by atoms with Crippen LogP contribution in [0.5, 0.6) is 0 Å². The molecule has 1 unspecified atom stereocenters. The fraction of sp³-hybridized carbons (Fsp3) is 0.652. The summed E-state index contributed by atoms with van der Waals surface area (Å²) >= 11 is 0. The minimum absolute atomic E-state index is 0.116. The fourth-order valence-electron chi connectivity index (χ4n) is 3.43. The van der Waals surface area contributed by atoms with Gasteiger partial charge in [-0.05, 0) is 50.9 Å². The van der Waals surface area contributed by atoms with Crippen LogP contribution in [0.4, 0.5) is 4.79 Å². The van der Waals surface area contributed by atoms with Gasteiger partial charge in [-0.25, -0.2) is 4.79 Å². The number of hydrogen-bond acceptors (Lipinski definition) is 4. The molecule has 0 heterocycles. The summed E-state index contributed by atoms with van der Waals surface area (Å²) in [4.78, 5) is 24.8. The number of benzene rings is 1. The first-order chi connectivity index (χ1) is 13.6. The van der Waals surface area contributed by atoms with Crippen molar-refractivity contribution in [3.63, 3.8) is 0 Å². The highest BCUT2D eigenvalue weighted by atomic mass is 28.4. The van der Waals surface area contributed by atoms with Gasteiger partial charge in [0, 0.05) is 0 Å². The lowest BCUT2D eigenvalue weighted by molar-refractivity contribution is -0.166. The van der Waals surface area contributed by atoms with Crippen LogP contribution in [-0.4, -0.2) is 37.1 Å². The van der Waals surface area contributed by atoms with Crippen molar-refractivity contribution in [2.75, 3.05) is 0 Å². The Balaban J connectivity index is 3.17. The highest BCUT2D eigenvalue weighted by Gasteiger charge is 2.57. The zero-order valence-electron chi connectivity index (χ0n) is 20.0. The number of carboxylic acid groups (broad SMARTS) is 1. The molecule has 0 aliphatic carbocycles. The summed E-state index contributed by atoms with van der Waals surface area (Å²) in [6.07, 6.45) is -0.164. The predicted molar refractivity (Wildman–Crippen MR) is 122 cm³/mol. The van der Waals surface area contributed by atoms with Crippen LogP contribution in [0.1, 0.15) is 60.5 Å². The van der Waals surface area contributed by atoms with E-state index < -0.39 is 37.4 Å². The predicted octanol–water partition coefficient (Wildman–Crippen LogP) is 5.58. The van der Waals surface area contributed by atoms with Crippen molar-refractivity contribution >= 4 is 20.4 Å². The number of carbonyl (C=O) groups is 2. The molecule has 2 N–H and O–H groups in total. The van der Waals surface area contributed by atoms with Crippen LogP contribution in [0, 0.1) is 5.41 Å². The van der Waals surface area contributed by atoms with Crippen LogP contribution >= 0.6 is 0 Å². The van der Waals surface area contributed by atoms with E-state index >= 15 is 0 Å². The Labute approximate surface area is 182 Å². The summed E-state index contributed by atoms with van der Waals surface area (Å²) in [6.45, 7) is 17.7. The third-order valence-corrected chi connectivity index (χ3v) is 11.1. The molecule has 0 spiro atoms. The average molecular weight is 438 g/mol. The minimum atomic E-state index is -2.36. The molecule has 1 aromatic carbocycles. The maximum atomic E-state index is 12.5. The van der Waals surface area contributed by atoms with Gasteiger partial charge in [0.1, 0.15) is 6.61 Å². The second-order valence-electron chi connectivity index (χ2n) is 9.96. The second-order valence-corrected chi connectivity index (χ2v) is 14.7. The van der Waals surface area contributed by atoms with Gasteiger partial charge in [0.15, 0.2) is 8.32 Å². The molecule has 0 bridgehead atoms. The van der Waals surface area contributed by atoms with Gasteiger partial charge in [-0.2, -0.15) is 0 Å². The molecule has 0 aromatic heterocycles. The highest BCUT2D eigenvalue weighted by Crippen LogP contribution is 2.47. The maximum Gasteiger partial charge on any atom is 0.407 e. The van der Waals surface area contributed by atoms with E-state index in [4.69, 9.17) is 9.16 Å². The van der Waals surface area contributed by atoms with Gasteiger partial charge in [-0.3, -0.25) is 4.79 Å². The van der Waals surface area contributed by atoms with Crippen LogP contribution in [0.25, 0.3) is 0 Å². The monoisotopic (exact) mass is 437 g/mol. The van der Waals surface area contributed by atoms with E-state index in [0.29, 0.717) is 6.42 Å². The number of nitrogens with one attached hydrogen (secondary N) is 1. The molecule has 2 atom stereocenters. The number of carbonyl (C=O) groups excluding carboxylic acids is 1. The summed E-state index contributed by atoms with van der Waals surface area (Å²) in [6, 6.07) is 8.83. The molecule has 0 saturated heterocycles. The summed E-state index contributed by atoms with van der Waals surface area (Å²) < 4.78 is 12.1. The molecule has 0 radical (unpaired) electrons. The molecule has 1 amide bonds. The first-order valence-electron chi connectivity index (χ1n) is 10.5. The van der Waals surface area contributed by atoms with Gasteiger partial charge in [0.2, 0.25) is 0 Å².